The van der Waals surface area contributed by atoms with Crippen molar-refractivity contribution >= 4 is 5.69 Å². The Bertz CT molecular complexity index is 394. The number of nitrogens with one attached hydrogen (secondary N) is 1. The van der Waals surface area contributed by atoms with Crippen LogP contribution in [0.4, 0.5) is 5.69 Å². The molecule has 1 aromatic rings. The molecule has 0 radical (unpaired) electrons. The van der Waals surface area contributed by atoms with Crippen molar-refractivity contribution in [2.75, 3.05) is 31.1 Å². The van der Waals surface area contributed by atoms with Crippen LogP contribution in [0.25, 0.3) is 0 Å². The molecule has 0 bridgehead atoms. The van der Waals surface area contributed by atoms with Crippen LogP contribution in [0.15, 0.2) is 24.3 Å². The lowest BCUT2D eigenvalue weighted by Gasteiger charge is -2.39. The maximum absolute atomic E-state index is 9.50. The number of benzene rings is 1. The van der Waals surface area contributed by atoms with E-state index in [0.29, 0.717) is 12.0 Å². The first-order chi connectivity index (χ1) is 8.40. The summed E-state index contributed by atoms with van der Waals surface area (Å²) in [7, 11) is 0. The lowest BCUT2D eigenvalue weighted by Crippen LogP contribution is -2.50. The number of hydrogen-bond donors (Lipinski definition) is 2. The summed E-state index contributed by atoms with van der Waals surface area (Å²) in [4.78, 5) is 2.51. The fourth-order valence-corrected chi connectivity index (χ4v) is 3.21. The van der Waals surface area contributed by atoms with Gasteiger partial charge < -0.3 is 15.3 Å². The molecule has 2 heterocycles. The minimum Gasteiger partial charge on any atom is -0.396 e. The Morgan fingerprint density at radius 1 is 1.35 bits per heavy atom. The molecule has 2 unspecified atom stereocenters. The fourth-order valence-electron chi connectivity index (χ4n) is 3.21. The third-order valence-corrected chi connectivity index (χ3v) is 4.13. The Kier molecular flexibility index (Phi) is 3.04. The molecule has 92 valence electrons. The zero-order chi connectivity index (χ0) is 11.7. The average Bonchev–Trinajstić information content (AvgIpc) is 2.82. The van der Waals surface area contributed by atoms with E-state index in [-0.39, 0.29) is 6.61 Å². The van der Waals surface area contributed by atoms with Crippen molar-refractivity contribution in [3.8, 4) is 0 Å². The predicted molar refractivity (Wildman–Crippen MR) is 69.3 cm³/mol. The van der Waals surface area contributed by atoms with E-state index < -0.39 is 0 Å². The molecule has 2 atom stereocenters. The van der Waals surface area contributed by atoms with Crippen LogP contribution < -0.4 is 10.2 Å². The normalized spacial score (nSPS) is 28.2. The molecule has 2 N–H and O–H groups in total. The van der Waals surface area contributed by atoms with E-state index in [1.54, 1.807) is 0 Å². The van der Waals surface area contributed by atoms with E-state index in [4.69, 9.17) is 0 Å². The van der Waals surface area contributed by atoms with Crippen LogP contribution in [0.5, 0.6) is 0 Å². The number of hydrogen-bond acceptors (Lipinski definition) is 3. The van der Waals surface area contributed by atoms with Crippen LogP contribution in [-0.2, 0) is 6.42 Å². The molecule has 3 nitrogen and oxygen atoms in total. The number of anilines is 1. The van der Waals surface area contributed by atoms with Gasteiger partial charge in [0.25, 0.3) is 0 Å². The van der Waals surface area contributed by atoms with Gasteiger partial charge in [-0.2, -0.15) is 0 Å². The Hall–Kier alpha value is -1.06. The number of piperidine rings is 1. The Balaban J connectivity index is 1.85. The lowest BCUT2D eigenvalue weighted by atomic mass is 9.92. The van der Waals surface area contributed by atoms with Crippen molar-refractivity contribution in [2.45, 2.75) is 18.9 Å². The minimum atomic E-state index is 0.288. The molecule has 0 spiro atoms. The first-order valence-electron chi connectivity index (χ1n) is 6.56. The molecule has 17 heavy (non-hydrogen) atoms. The first-order valence-corrected chi connectivity index (χ1v) is 6.56. The Morgan fingerprint density at radius 2 is 2.24 bits per heavy atom. The predicted octanol–water partition coefficient (Wildman–Crippen LogP) is 1.02. The highest BCUT2D eigenvalue weighted by Gasteiger charge is 2.32. The van der Waals surface area contributed by atoms with Gasteiger partial charge in [0.2, 0.25) is 0 Å². The number of para-hydroxylation sites is 1. The number of aliphatic hydroxyl groups is 1. The highest BCUT2D eigenvalue weighted by molar-refractivity contribution is 5.58. The van der Waals surface area contributed by atoms with E-state index in [1.807, 2.05) is 0 Å². The van der Waals surface area contributed by atoms with Crippen LogP contribution in [0.1, 0.15) is 12.0 Å². The highest BCUT2D eigenvalue weighted by atomic mass is 16.3. The summed E-state index contributed by atoms with van der Waals surface area (Å²) in [6.45, 7) is 3.41. The molecule has 1 aromatic carbocycles. The Morgan fingerprint density at radius 3 is 3.12 bits per heavy atom. The van der Waals surface area contributed by atoms with Gasteiger partial charge in [-0.1, -0.05) is 18.2 Å². The monoisotopic (exact) mass is 232 g/mol. The van der Waals surface area contributed by atoms with Gasteiger partial charge in [0.1, 0.15) is 0 Å². The third kappa shape index (κ3) is 1.94. The average molecular weight is 232 g/mol. The number of aliphatic hydroxyl groups excluding tert-OH is 1. The maximum Gasteiger partial charge on any atom is 0.0491 e. The molecule has 1 saturated heterocycles. The molecule has 1 fully saturated rings. The second-order valence-electron chi connectivity index (χ2n) is 5.07. The highest BCUT2D eigenvalue weighted by Crippen LogP contribution is 2.32. The molecule has 0 aliphatic carbocycles. The van der Waals surface area contributed by atoms with Crippen LogP contribution in [0.2, 0.25) is 0 Å². The van der Waals surface area contributed by atoms with Gasteiger partial charge in [-0.3, -0.25) is 0 Å². The minimum absolute atomic E-state index is 0.288. The third-order valence-electron chi connectivity index (χ3n) is 4.13. The number of fused-ring (bicyclic) bond motifs is 1. The summed E-state index contributed by atoms with van der Waals surface area (Å²) in [6, 6.07) is 9.19. The number of rotatable bonds is 2. The number of nitrogens with zero attached hydrogens (tertiary/aromatic N) is 1. The molecule has 0 amide bonds. The van der Waals surface area contributed by atoms with E-state index in [1.165, 1.54) is 11.3 Å². The van der Waals surface area contributed by atoms with Gasteiger partial charge in [0.05, 0.1) is 0 Å². The topological polar surface area (TPSA) is 35.5 Å². The summed E-state index contributed by atoms with van der Waals surface area (Å²) in [5.74, 6) is 0.370. The van der Waals surface area contributed by atoms with Crippen molar-refractivity contribution in [3.05, 3.63) is 29.8 Å². The van der Waals surface area contributed by atoms with Crippen molar-refractivity contribution in [1.29, 1.82) is 0 Å². The smallest absolute Gasteiger partial charge is 0.0491 e. The molecule has 0 aromatic heterocycles. The summed E-state index contributed by atoms with van der Waals surface area (Å²) in [5, 5.41) is 12.9. The quantitative estimate of drug-likeness (QED) is 0.799. The molecular weight excluding hydrogens is 212 g/mol. The summed E-state index contributed by atoms with van der Waals surface area (Å²) < 4.78 is 0. The molecule has 2 aliphatic rings. The zero-order valence-electron chi connectivity index (χ0n) is 10.1. The maximum atomic E-state index is 9.50. The first kappa shape index (κ1) is 11.1. The second-order valence-corrected chi connectivity index (χ2v) is 5.07. The van der Waals surface area contributed by atoms with Crippen molar-refractivity contribution < 1.29 is 5.11 Å². The van der Waals surface area contributed by atoms with Gasteiger partial charge in [0, 0.05) is 37.3 Å². The second kappa shape index (κ2) is 4.67. The van der Waals surface area contributed by atoms with Gasteiger partial charge >= 0.3 is 0 Å². The van der Waals surface area contributed by atoms with Gasteiger partial charge in [-0.15, -0.1) is 0 Å². The van der Waals surface area contributed by atoms with E-state index >= 15 is 0 Å². The zero-order valence-corrected chi connectivity index (χ0v) is 10.1. The van der Waals surface area contributed by atoms with Crippen LogP contribution in [0.3, 0.4) is 0 Å². The van der Waals surface area contributed by atoms with Crippen molar-refractivity contribution in [2.24, 2.45) is 5.92 Å². The SMILES string of the molecule is OCC1CNCCC1N1CCc2ccccc21. The summed E-state index contributed by atoms with van der Waals surface area (Å²) in [5.41, 5.74) is 2.85. The van der Waals surface area contributed by atoms with Crippen LogP contribution in [0, 0.1) is 5.92 Å². The Labute approximate surface area is 102 Å². The summed E-state index contributed by atoms with van der Waals surface area (Å²) in [6.07, 6.45) is 2.29. The van der Waals surface area contributed by atoms with Crippen molar-refractivity contribution in [3.63, 3.8) is 0 Å². The van der Waals surface area contributed by atoms with Gasteiger partial charge in [0.15, 0.2) is 0 Å². The fraction of sp³-hybridized carbons (Fsp3) is 0.571. The van der Waals surface area contributed by atoms with Crippen molar-refractivity contribution in [1.82, 2.24) is 5.32 Å². The van der Waals surface area contributed by atoms with Gasteiger partial charge in [-0.05, 0) is 31.0 Å². The summed E-state index contributed by atoms with van der Waals surface area (Å²) >= 11 is 0. The lowest BCUT2D eigenvalue weighted by molar-refractivity contribution is 0.177. The van der Waals surface area contributed by atoms with E-state index in [9.17, 15) is 5.11 Å². The van der Waals surface area contributed by atoms with Crippen LogP contribution in [-0.4, -0.2) is 37.4 Å². The molecule has 2 aliphatic heterocycles. The molecule has 3 heteroatoms. The van der Waals surface area contributed by atoms with E-state index in [2.05, 4.69) is 34.5 Å². The van der Waals surface area contributed by atoms with Gasteiger partial charge in [-0.25, -0.2) is 0 Å². The largest absolute Gasteiger partial charge is 0.396 e. The van der Waals surface area contributed by atoms with Crippen LogP contribution >= 0.6 is 0 Å². The molecular formula is C14H20N2O. The standard InChI is InChI=1S/C14H20N2O/c17-10-12-9-15-7-5-14(12)16-8-6-11-3-1-2-4-13(11)16/h1-4,12,14-15,17H,5-10H2. The molecule has 3 rings (SSSR count). The van der Waals surface area contributed by atoms with E-state index in [0.717, 1.165) is 32.5 Å². The molecule has 0 saturated carbocycles.